The molecule has 196 valence electrons. The van der Waals surface area contributed by atoms with Crippen molar-refractivity contribution in [3.8, 4) is 0 Å². The van der Waals surface area contributed by atoms with Gasteiger partial charge in [0.05, 0.1) is 12.1 Å². The Kier molecular flexibility index (Phi) is 15.9. The third-order valence-corrected chi connectivity index (χ3v) is 5.55. The fraction of sp³-hybridized carbons (Fsp3) is 0.750. The Morgan fingerprint density at radius 2 is 1.47 bits per heavy atom. The van der Waals surface area contributed by atoms with Crippen LogP contribution < -0.4 is 33.2 Å². The smallest absolute Gasteiger partial charge is 0.328 e. The highest BCUT2D eigenvalue weighted by molar-refractivity contribution is 7.98. The Hall–Kier alpha value is -2.42. The van der Waals surface area contributed by atoms with Crippen LogP contribution in [0, 0.1) is 0 Å². The number of aliphatic carboxylic acids is 1. The fourth-order valence-electron chi connectivity index (χ4n) is 2.89. The van der Waals surface area contributed by atoms with Crippen molar-refractivity contribution in [3.63, 3.8) is 0 Å². The molecule has 0 aromatic heterocycles. The molecule has 13 nitrogen and oxygen atoms in total. The average Bonchev–Trinajstić information content (AvgIpc) is 2.76. The molecular formula is C20H38N6O7S. The summed E-state index contributed by atoms with van der Waals surface area (Å²) in [4.78, 5) is 60.5. The molecule has 4 amide bonds. The number of primary amides is 1. The zero-order valence-corrected chi connectivity index (χ0v) is 20.4. The van der Waals surface area contributed by atoms with Crippen molar-refractivity contribution in [1.82, 2.24) is 16.0 Å². The summed E-state index contributed by atoms with van der Waals surface area (Å²) in [6, 6.07) is -4.81. The van der Waals surface area contributed by atoms with E-state index in [4.69, 9.17) is 17.2 Å². The monoisotopic (exact) mass is 506 g/mol. The Bertz CT molecular complexity index is 694. The van der Waals surface area contributed by atoms with E-state index in [0.29, 0.717) is 31.6 Å². The number of unbranched alkanes of at least 4 members (excludes halogenated alkanes) is 1. The summed E-state index contributed by atoms with van der Waals surface area (Å²) in [6.45, 7) is 1.65. The molecule has 0 saturated carbocycles. The number of carbonyl (C=O) groups excluding carboxylic acids is 4. The first-order valence-electron chi connectivity index (χ1n) is 11.0. The molecule has 0 aromatic rings. The maximum absolute atomic E-state index is 12.9. The normalized spacial score (nSPS) is 15.3. The van der Waals surface area contributed by atoms with Gasteiger partial charge in [-0.05, 0) is 51.2 Å². The zero-order chi connectivity index (χ0) is 26.3. The summed E-state index contributed by atoms with van der Waals surface area (Å²) in [7, 11) is 0. The largest absolute Gasteiger partial charge is 0.480 e. The summed E-state index contributed by atoms with van der Waals surface area (Å²) < 4.78 is 0. The molecule has 5 atom stereocenters. The number of aliphatic hydroxyl groups excluding tert-OH is 1. The van der Waals surface area contributed by atoms with Crippen LogP contribution in [0.25, 0.3) is 0 Å². The number of hydrogen-bond donors (Lipinski definition) is 8. The van der Waals surface area contributed by atoms with Crippen LogP contribution in [0.2, 0.25) is 0 Å². The minimum Gasteiger partial charge on any atom is -0.480 e. The summed E-state index contributed by atoms with van der Waals surface area (Å²) in [5.41, 5.74) is 16.5. The molecule has 0 aromatic carbocycles. The van der Waals surface area contributed by atoms with E-state index in [1.54, 1.807) is 0 Å². The third kappa shape index (κ3) is 12.7. The van der Waals surface area contributed by atoms with Crippen molar-refractivity contribution in [1.29, 1.82) is 0 Å². The van der Waals surface area contributed by atoms with Crippen molar-refractivity contribution in [2.24, 2.45) is 17.2 Å². The third-order valence-electron chi connectivity index (χ3n) is 4.91. The second-order valence-electron chi connectivity index (χ2n) is 7.86. The molecule has 34 heavy (non-hydrogen) atoms. The maximum Gasteiger partial charge on any atom is 0.328 e. The Morgan fingerprint density at radius 1 is 0.912 bits per heavy atom. The summed E-state index contributed by atoms with van der Waals surface area (Å²) >= 11 is 1.44. The first kappa shape index (κ1) is 31.6. The molecule has 0 rings (SSSR count). The van der Waals surface area contributed by atoms with Gasteiger partial charge in [0.1, 0.15) is 12.1 Å². The SMILES string of the molecule is CSCCC(NC(=O)C(N)CCCCN)C(=O)NC(CCC(N)=O)C(=O)NC(C(=O)O)C(C)O. The predicted octanol–water partition coefficient (Wildman–Crippen LogP) is -2.62. The standard InChI is InChI=1S/C20H38N6O7S/c1-11(27)16(20(32)33)26-19(31)13(6-7-15(23)28)25-18(30)14(8-10-34-2)24-17(29)12(22)5-3-4-9-21/h11-14,16,27H,3-10,21-22H2,1-2H3,(H2,23,28)(H,24,29)(H,25,30)(H,26,31)(H,32,33). The van der Waals surface area contributed by atoms with E-state index in [1.165, 1.54) is 18.7 Å². The van der Waals surface area contributed by atoms with Crippen LogP contribution in [0.15, 0.2) is 0 Å². The molecule has 0 radical (unpaired) electrons. The molecule has 0 aliphatic rings. The lowest BCUT2D eigenvalue weighted by Crippen LogP contribution is -2.58. The van der Waals surface area contributed by atoms with Crippen LogP contribution in [0.1, 0.15) is 45.4 Å². The van der Waals surface area contributed by atoms with E-state index in [0.717, 1.165) is 0 Å². The summed E-state index contributed by atoms with van der Waals surface area (Å²) in [6.07, 6.45) is 1.92. The first-order valence-corrected chi connectivity index (χ1v) is 12.4. The van der Waals surface area contributed by atoms with Crippen LogP contribution in [0.4, 0.5) is 0 Å². The van der Waals surface area contributed by atoms with Gasteiger partial charge in [0.25, 0.3) is 0 Å². The minimum atomic E-state index is -1.63. The molecule has 5 unspecified atom stereocenters. The van der Waals surface area contributed by atoms with Gasteiger partial charge in [-0.15, -0.1) is 0 Å². The van der Waals surface area contributed by atoms with Crippen LogP contribution in [-0.2, 0) is 24.0 Å². The number of carbonyl (C=O) groups is 5. The van der Waals surface area contributed by atoms with E-state index in [2.05, 4.69) is 16.0 Å². The Balaban J connectivity index is 5.44. The zero-order valence-electron chi connectivity index (χ0n) is 19.6. The van der Waals surface area contributed by atoms with Crippen molar-refractivity contribution < 1.29 is 34.2 Å². The van der Waals surface area contributed by atoms with Gasteiger partial charge >= 0.3 is 5.97 Å². The molecule has 0 aliphatic carbocycles. The van der Waals surface area contributed by atoms with Crippen LogP contribution >= 0.6 is 11.8 Å². The van der Waals surface area contributed by atoms with Crippen LogP contribution in [0.5, 0.6) is 0 Å². The van der Waals surface area contributed by atoms with Crippen LogP contribution in [-0.4, -0.2) is 88.6 Å². The van der Waals surface area contributed by atoms with Gasteiger partial charge in [0.2, 0.25) is 23.6 Å². The van der Waals surface area contributed by atoms with Gasteiger partial charge in [-0.1, -0.05) is 6.42 Å². The van der Waals surface area contributed by atoms with Crippen molar-refractivity contribution >= 4 is 41.4 Å². The molecular weight excluding hydrogens is 468 g/mol. The second kappa shape index (κ2) is 17.1. The number of thioether (sulfide) groups is 1. The molecule has 14 heteroatoms. The first-order chi connectivity index (χ1) is 15.9. The topological polar surface area (TPSA) is 240 Å². The lowest BCUT2D eigenvalue weighted by molar-refractivity contribution is -0.145. The number of aliphatic hydroxyl groups is 1. The molecule has 0 bridgehead atoms. The lowest BCUT2D eigenvalue weighted by atomic mass is 10.1. The van der Waals surface area contributed by atoms with Gasteiger partial charge < -0.3 is 43.4 Å². The van der Waals surface area contributed by atoms with Crippen molar-refractivity contribution in [2.75, 3.05) is 18.6 Å². The maximum atomic E-state index is 12.9. The molecule has 11 N–H and O–H groups in total. The van der Waals surface area contributed by atoms with E-state index in [9.17, 15) is 34.2 Å². The van der Waals surface area contributed by atoms with Crippen molar-refractivity contribution in [2.45, 2.75) is 75.7 Å². The van der Waals surface area contributed by atoms with E-state index in [-0.39, 0.29) is 19.3 Å². The molecule has 0 spiro atoms. The summed E-state index contributed by atoms with van der Waals surface area (Å²) in [5, 5.41) is 26.0. The minimum absolute atomic E-state index is 0.207. The van der Waals surface area contributed by atoms with Crippen molar-refractivity contribution in [3.05, 3.63) is 0 Å². The second-order valence-corrected chi connectivity index (χ2v) is 8.85. The quantitative estimate of drug-likeness (QED) is 0.0900. The van der Waals surface area contributed by atoms with Gasteiger partial charge in [-0.2, -0.15) is 11.8 Å². The number of amides is 4. The van der Waals surface area contributed by atoms with Gasteiger partial charge in [0.15, 0.2) is 6.04 Å². The van der Waals surface area contributed by atoms with E-state index >= 15 is 0 Å². The molecule has 0 saturated heterocycles. The number of nitrogens with two attached hydrogens (primary N) is 3. The van der Waals surface area contributed by atoms with Gasteiger partial charge in [0, 0.05) is 6.42 Å². The van der Waals surface area contributed by atoms with Gasteiger partial charge in [-0.3, -0.25) is 19.2 Å². The highest BCUT2D eigenvalue weighted by Crippen LogP contribution is 2.06. The molecule has 0 aliphatic heterocycles. The molecule has 0 heterocycles. The molecule has 0 fully saturated rings. The highest BCUT2D eigenvalue weighted by atomic mass is 32.2. The number of rotatable bonds is 18. The highest BCUT2D eigenvalue weighted by Gasteiger charge is 2.31. The van der Waals surface area contributed by atoms with E-state index < -0.39 is 59.9 Å². The number of carboxylic acid groups (broad SMARTS) is 1. The van der Waals surface area contributed by atoms with Gasteiger partial charge in [-0.25, -0.2) is 4.79 Å². The number of carboxylic acids is 1. The van der Waals surface area contributed by atoms with Crippen LogP contribution in [0.3, 0.4) is 0 Å². The Labute approximate surface area is 203 Å². The predicted molar refractivity (Wildman–Crippen MR) is 127 cm³/mol. The lowest BCUT2D eigenvalue weighted by Gasteiger charge is -2.25. The average molecular weight is 507 g/mol. The fourth-order valence-corrected chi connectivity index (χ4v) is 3.36. The number of nitrogens with one attached hydrogen (secondary N) is 3. The Morgan fingerprint density at radius 3 is 1.97 bits per heavy atom. The summed E-state index contributed by atoms with van der Waals surface area (Å²) in [5.74, 6) is -3.84. The number of hydrogen-bond acceptors (Lipinski definition) is 9. The van der Waals surface area contributed by atoms with E-state index in [1.807, 2.05) is 6.26 Å².